The molecule has 0 unspecified atom stereocenters. The molecule has 6 nitrogen and oxygen atoms in total. The van der Waals surface area contributed by atoms with Crippen molar-refractivity contribution in [2.45, 2.75) is 6.92 Å². The van der Waals surface area contributed by atoms with E-state index in [0.717, 1.165) is 0 Å². The van der Waals surface area contributed by atoms with E-state index in [1.807, 2.05) is 6.92 Å². The van der Waals surface area contributed by atoms with Crippen molar-refractivity contribution in [2.24, 2.45) is 0 Å². The van der Waals surface area contributed by atoms with Crippen molar-refractivity contribution in [1.29, 1.82) is 0 Å². The standard InChI is InChI=1S/C14H17FN4O2/c1-4-16-13-12(21-3)14(18-8-17-13)19-9-5-6-10(15)11(7-9)20-2/h5-8H,4H2,1-3H3,(H2,16,17,18,19). The minimum absolute atomic E-state index is 0.153. The number of nitrogens with zero attached hydrogens (tertiary/aromatic N) is 2. The van der Waals surface area contributed by atoms with Crippen LogP contribution in [0.4, 0.5) is 21.7 Å². The molecule has 1 aromatic heterocycles. The lowest BCUT2D eigenvalue weighted by atomic mass is 10.3. The molecule has 0 amide bonds. The molecule has 0 aliphatic heterocycles. The molecule has 1 heterocycles. The van der Waals surface area contributed by atoms with Gasteiger partial charge >= 0.3 is 0 Å². The van der Waals surface area contributed by atoms with Crippen LogP contribution in [-0.4, -0.2) is 30.7 Å². The third-order valence-corrected chi connectivity index (χ3v) is 2.77. The highest BCUT2D eigenvalue weighted by Crippen LogP contribution is 2.32. The van der Waals surface area contributed by atoms with E-state index in [-0.39, 0.29) is 5.75 Å². The Morgan fingerprint density at radius 3 is 2.57 bits per heavy atom. The SMILES string of the molecule is CCNc1ncnc(Nc2ccc(F)c(OC)c2)c1OC. The fraction of sp³-hybridized carbons (Fsp3) is 0.286. The predicted octanol–water partition coefficient (Wildman–Crippen LogP) is 2.81. The van der Waals surface area contributed by atoms with Crippen molar-refractivity contribution < 1.29 is 13.9 Å². The van der Waals surface area contributed by atoms with Crippen molar-refractivity contribution in [3.05, 3.63) is 30.3 Å². The molecule has 1 aromatic carbocycles. The summed E-state index contributed by atoms with van der Waals surface area (Å²) in [6.45, 7) is 2.66. The van der Waals surface area contributed by atoms with E-state index in [9.17, 15) is 4.39 Å². The van der Waals surface area contributed by atoms with Crippen molar-refractivity contribution in [3.63, 3.8) is 0 Å². The maximum absolute atomic E-state index is 13.4. The van der Waals surface area contributed by atoms with Crippen molar-refractivity contribution in [3.8, 4) is 11.5 Å². The molecule has 21 heavy (non-hydrogen) atoms. The summed E-state index contributed by atoms with van der Waals surface area (Å²) >= 11 is 0. The molecule has 0 bridgehead atoms. The van der Waals surface area contributed by atoms with E-state index in [1.165, 1.54) is 26.6 Å². The van der Waals surface area contributed by atoms with Gasteiger partial charge in [-0.05, 0) is 19.1 Å². The van der Waals surface area contributed by atoms with Gasteiger partial charge in [-0.1, -0.05) is 0 Å². The molecule has 0 spiro atoms. The Balaban J connectivity index is 2.32. The van der Waals surface area contributed by atoms with Gasteiger partial charge in [-0.2, -0.15) is 0 Å². The highest BCUT2D eigenvalue weighted by molar-refractivity contribution is 5.69. The summed E-state index contributed by atoms with van der Waals surface area (Å²) in [5.41, 5.74) is 0.632. The molecule has 0 radical (unpaired) electrons. The molecule has 0 saturated carbocycles. The summed E-state index contributed by atoms with van der Waals surface area (Å²) in [4.78, 5) is 8.26. The van der Waals surface area contributed by atoms with E-state index < -0.39 is 5.82 Å². The summed E-state index contributed by atoms with van der Waals surface area (Å²) in [5.74, 6) is 1.29. The number of methoxy groups -OCH3 is 2. The zero-order valence-electron chi connectivity index (χ0n) is 12.1. The zero-order chi connectivity index (χ0) is 15.2. The third kappa shape index (κ3) is 3.31. The van der Waals surface area contributed by atoms with Crippen LogP contribution in [0.5, 0.6) is 11.5 Å². The van der Waals surface area contributed by atoms with E-state index in [1.54, 1.807) is 12.1 Å². The van der Waals surface area contributed by atoms with Crippen molar-refractivity contribution in [1.82, 2.24) is 9.97 Å². The Morgan fingerprint density at radius 1 is 1.14 bits per heavy atom. The second-order valence-corrected chi connectivity index (χ2v) is 4.11. The highest BCUT2D eigenvalue weighted by atomic mass is 19.1. The normalized spacial score (nSPS) is 10.1. The molecule has 0 saturated heterocycles. The van der Waals surface area contributed by atoms with E-state index in [4.69, 9.17) is 9.47 Å². The van der Waals surface area contributed by atoms with Crippen LogP contribution in [0.25, 0.3) is 0 Å². The van der Waals surface area contributed by atoms with Crippen LogP contribution in [0.2, 0.25) is 0 Å². The van der Waals surface area contributed by atoms with Crippen LogP contribution < -0.4 is 20.1 Å². The molecule has 7 heteroatoms. The molecule has 2 N–H and O–H groups in total. The van der Waals surface area contributed by atoms with Gasteiger partial charge in [0, 0.05) is 18.3 Å². The van der Waals surface area contributed by atoms with Gasteiger partial charge in [0.15, 0.2) is 23.2 Å². The smallest absolute Gasteiger partial charge is 0.204 e. The second-order valence-electron chi connectivity index (χ2n) is 4.11. The first-order chi connectivity index (χ1) is 10.2. The molecular weight excluding hydrogens is 275 g/mol. The first-order valence-electron chi connectivity index (χ1n) is 6.43. The molecule has 0 aliphatic rings. The lowest BCUT2D eigenvalue weighted by Crippen LogP contribution is -2.06. The van der Waals surface area contributed by atoms with Gasteiger partial charge in [0.25, 0.3) is 0 Å². The minimum atomic E-state index is -0.425. The van der Waals surface area contributed by atoms with E-state index in [2.05, 4.69) is 20.6 Å². The maximum Gasteiger partial charge on any atom is 0.204 e. The number of aromatic nitrogens is 2. The molecule has 0 aliphatic carbocycles. The number of nitrogens with one attached hydrogen (secondary N) is 2. The van der Waals surface area contributed by atoms with Crippen LogP contribution in [-0.2, 0) is 0 Å². The Labute approximate surface area is 122 Å². The Bertz CT molecular complexity index is 622. The number of ether oxygens (including phenoxy) is 2. The van der Waals surface area contributed by atoms with Crippen LogP contribution in [0, 0.1) is 5.82 Å². The first kappa shape index (κ1) is 14.8. The zero-order valence-corrected chi connectivity index (χ0v) is 12.1. The average molecular weight is 292 g/mol. The minimum Gasteiger partial charge on any atom is -0.494 e. The van der Waals surface area contributed by atoms with Crippen molar-refractivity contribution in [2.75, 3.05) is 31.4 Å². The summed E-state index contributed by atoms with van der Waals surface area (Å²) in [6, 6.07) is 4.45. The quantitative estimate of drug-likeness (QED) is 0.853. The monoisotopic (exact) mass is 292 g/mol. The Kier molecular flexibility index (Phi) is 4.76. The fourth-order valence-corrected chi connectivity index (χ4v) is 1.82. The molecule has 112 valence electrons. The second kappa shape index (κ2) is 6.74. The molecule has 2 aromatic rings. The van der Waals surface area contributed by atoms with E-state index >= 15 is 0 Å². The Hall–Kier alpha value is -2.57. The molecule has 0 fully saturated rings. The number of benzene rings is 1. The third-order valence-electron chi connectivity index (χ3n) is 2.77. The van der Waals surface area contributed by atoms with Gasteiger partial charge in [-0.25, -0.2) is 14.4 Å². The average Bonchev–Trinajstić information content (AvgIpc) is 2.50. The maximum atomic E-state index is 13.4. The summed E-state index contributed by atoms with van der Waals surface area (Å²) < 4.78 is 23.7. The fourth-order valence-electron chi connectivity index (χ4n) is 1.82. The lowest BCUT2D eigenvalue weighted by Gasteiger charge is -2.14. The van der Waals surface area contributed by atoms with E-state index in [0.29, 0.717) is 29.6 Å². The highest BCUT2D eigenvalue weighted by Gasteiger charge is 2.12. The summed E-state index contributed by atoms with van der Waals surface area (Å²) in [5, 5.41) is 6.15. The number of hydrogen-bond acceptors (Lipinski definition) is 6. The van der Waals surface area contributed by atoms with Crippen LogP contribution >= 0.6 is 0 Å². The topological polar surface area (TPSA) is 68.3 Å². The van der Waals surface area contributed by atoms with Gasteiger partial charge in [-0.3, -0.25) is 0 Å². The van der Waals surface area contributed by atoms with Gasteiger partial charge < -0.3 is 20.1 Å². The lowest BCUT2D eigenvalue weighted by molar-refractivity contribution is 0.387. The van der Waals surface area contributed by atoms with Gasteiger partial charge in [0.2, 0.25) is 5.75 Å². The largest absolute Gasteiger partial charge is 0.494 e. The summed E-state index contributed by atoms with van der Waals surface area (Å²) in [7, 11) is 2.95. The number of halogens is 1. The van der Waals surface area contributed by atoms with Crippen LogP contribution in [0.15, 0.2) is 24.5 Å². The van der Waals surface area contributed by atoms with Gasteiger partial charge in [0.05, 0.1) is 14.2 Å². The molecule has 0 atom stereocenters. The molecular formula is C14H17FN4O2. The van der Waals surface area contributed by atoms with Crippen LogP contribution in [0.1, 0.15) is 6.92 Å². The number of anilines is 3. The Morgan fingerprint density at radius 2 is 1.90 bits per heavy atom. The number of hydrogen-bond donors (Lipinski definition) is 2. The van der Waals surface area contributed by atoms with Gasteiger partial charge in [0.1, 0.15) is 6.33 Å². The molecule has 2 rings (SSSR count). The summed E-state index contributed by atoms with van der Waals surface area (Å²) in [6.07, 6.45) is 1.42. The number of rotatable bonds is 6. The predicted molar refractivity (Wildman–Crippen MR) is 79.0 cm³/mol. The van der Waals surface area contributed by atoms with Gasteiger partial charge in [-0.15, -0.1) is 0 Å². The first-order valence-corrected chi connectivity index (χ1v) is 6.43. The van der Waals surface area contributed by atoms with Crippen LogP contribution in [0.3, 0.4) is 0 Å². The van der Waals surface area contributed by atoms with Crippen molar-refractivity contribution >= 4 is 17.3 Å².